The van der Waals surface area contributed by atoms with Crippen LogP contribution in [0.2, 0.25) is 0 Å². The van der Waals surface area contributed by atoms with Crippen molar-refractivity contribution in [3.8, 4) is 0 Å². The Balaban J connectivity index is 2.16. The first-order valence-electron chi connectivity index (χ1n) is 10.8. The summed E-state index contributed by atoms with van der Waals surface area (Å²) in [6, 6.07) is 8.85. The number of rotatable bonds is 9. The summed E-state index contributed by atoms with van der Waals surface area (Å²) in [5.41, 5.74) is 11.1. The predicted octanol–water partition coefficient (Wildman–Crippen LogP) is 3.65. The van der Waals surface area contributed by atoms with Gasteiger partial charge in [-0.05, 0) is 59.8 Å². The standard InChI is InChI=1S/C24H25F2N5O3S/c1-13(2)10-11-29-23(33)20(14-6-8-15(25)9-7-14)31(17-5-3-4-16(26)12-17)24(34)21-18(27)19(22(28)32)30-35-21/h3-9,12-13,20H,10-11,27H2,1-2H3,(H2,28,32)(H,29,33). The summed E-state index contributed by atoms with van der Waals surface area (Å²) in [5, 5.41) is 2.80. The zero-order valence-corrected chi connectivity index (χ0v) is 19.9. The van der Waals surface area contributed by atoms with Crippen LogP contribution in [-0.2, 0) is 4.79 Å². The Labute approximate surface area is 205 Å². The smallest absolute Gasteiger partial charge is 0.273 e. The molecular formula is C24H25F2N5O3S. The topological polar surface area (TPSA) is 131 Å². The van der Waals surface area contributed by atoms with Crippen molar-refractivity contribution in [2.75, 3.05) is 17.2 Å². The van der Waals surface area contributed by atoms with Crippen molar-refractivity contribution in [3.05, 3.63) is 76.3 Å². The number of anilines is 2. The molecule has 0 bridgehead atoms. The maximum Gasteiger partial charge on any atom is 0.273 e. The van der Waals surface area contributed by atoms with Gasteiger partial charge >= 0.3 is 0 Å². The number of carbonyl (C=O) groups excluding carboxylic acids is 3. The van der Waals surface area contributed by atoms with E-state index >= 15 is 0 Å². The highest BCUT2D eigenvalue weighted by molar-refractivity contribution is 7.09. The fourth-order valence-corrected chi connectivity index (χ4v) is 4.13. The van der Waals surface area contributed by atoms with E-state index in [1.807, 2.05) is 13.8 Å². The van der Waals surface area contributed by atoms with Gasteiger partial charge in [0.2, 0.25) is 5.91 Å². The van der Waals surface area contributed by atoms with Crippen molar-refractivity contribution in [3.63, 3.8) is 0 Å². The SMILES string of the molecule is CC(C)CCNC(=O)C(c1ccc(F)cc1)N(C(=O)c1snc(C(N)=O)c1N)c1cccc(F)c1. The molecule has 0 aliphatic carbocycles. The van der Waals surface area contributed by atoms with Crippen molar-refractivity contribution in [2.24, 2.45) is 11.7 Å². The summed E-state index contributed by atoms with van der Waals surface area (Å²) in [4.78, 5) is 39.7. The molecule has 1 aromatic heterocycles. The lowest BCUT2D eigenvalue weighted by Crippen LogP contribution is -2.44. The number of nitrogens with one attached hydrogen (secondary N) is 1. The van der Waals surface area contributed by atoms with Gasteiger partial charge in [-0.2, -0.15) is 4.37 Å². The van der Waals surface area contributed by atoms with Gasteiger partial charge in [-0.15, -0.1) is 0 Å². The molecule has 11 heteroatoms. The van der Waals surface area contributed by atoms with Gasteiger partial charge in [0.05, 0.1) is 5.69 Å². The molecule has 8 nitrogen and oxygen atoms in total. The summed E-state index contributed by atoms with van der Waals surface area (Å²) >= 11 is 0.636. The van der Waals surface area contributed by atoms with Crippen molar-refractivity contribution in [1.82, 2.24) is 9.69 Å². The fourth-order valence-electron chi connectivity index (χ4n) is 3.39. The van der Waals surface area contributed by atoms with E-state index in [9.17, 15) is 23.2 Å². The molecule has 1 heterocycles. The van der Waals surface area contributed by atoms with Gasteiger partial charge in [-0.3, -0.25) is 19.3 Å². The van der Waals surface area contributed by atoms with E-state index in [4.69, 9.17) is 11.5 Å². The van der Waals surface area contributed by atoms with E-state index in [0.717, 1.165) is 23.1 Å². The van der Waals surface area contributed by atoms with Crippen LogP contribution in [0, 0.1) is 17.6 Å². The van der Waals surface area contributed by atoms with Crippen LogP contribution in [-0.4, -0.2) is 28.6 Å². The molecule has 0 spiro atoms. The Morgan fingerprint density at radius 1 is 1.09 bits per heavy atom. The summed E-state index contributed by atoms with van der Waals surface area (Å²) < 4.78 is 31.7. The van der Waals surface area contributed by atoms with Gasteiger partial charge in [0, 0.05) is 12.2 Å². The van der Waals surface area contributed by atoms with Gasteiger partial charge in [0.1, 0.15) is 22.6 Å². The van der Waals surface area contributed by atoms with E-state index in [1.165, 1.54) is 30.3 Å². The molecule has 5 N–H and O–H groups in total. The number of hydrogen-bond donors (Lipinski definition) is 3. The summed E-state index contributed by atoms with van der Waals surface area (Å²) in [6.07, 6.45) is 0.680. The number of benzene rings is 2. The first kappa shape index (κ1) is 25.8. The number of nitrogens with zero attached hydrogens (tertiary/aromatic N) is 2. The highest BCUT2D eigenvalue weighted by Gasteiger charge is 2.36. The fraction of sp³-hybridized carbons (Fsp3) is 0.250. The third-order valence-electron chi connectivity index (χ3n) is 5.17. The minimum absolute atomic E-state index is 0.0526. The number of amides is 3. The molecule has 0 saturated carbocycles. The van der Waals surface area contributed by atoms with Crippen LogP contribution in [0.5, 0.6) is 0 Å². The van der Waals surface area contributed by atoms with Crippen LogP contribution in [0.3, 0.4) is 0 Å². The van der Waals surface area contributed by atoms with Gasteiger partial charge < -0.3 is 16.8 Å². The molecule has 3 aromatic rings. The Bertz CT molecular complexity index is 1230. The molecule has 0 saturated heterocycles. The maximum atomic E-state index is 14.2. The van der Waals surface area contributed by atoms with Crippen LogP contribution in [0.15, 0.2) is 48.5 Å². The zero-order chi connectivity index (χ0) is 25.7. The third-order valence-corrected chi connectivity index (χ3v) is 6.02. The monoisotopic (exact) mass is 501 g/mol. The minimum atomic E-state index is -1.31. The number of aromatic nitrogens is 1. The first-order chi connectivity index (χ1) is 16.6. The minimum Gasteiger partial charge on any atom is -0.395 e. The largest absolute Gasteiger partial charge is 0.395 e. The van der Waals surface area contributed by atoms with E-state index < -0.39 is 35.4 Å². The Morgan fingerprint density at radius 3 is 2.34 bits per heavy atom. The number of nitrogen functional groups attached to an aromatic ring is 1. The molecule has 3 rings (SSSR count). The molecule has 1 unspecified atom stereocenters. The van der Waals surface area contributed by atoms with Crippen molar-refractivity contribution >= 4 is 40.6 Å². The molecule has 3 amide bonds. The number of primary amides is 1. The second-order valence-electron chi connectivity index (χ2n) is 8.22. The summed E-state index contributed by atoms with van der Waals surface area (Å²) in [7, 11) is 0. The molecule has 184 valence electrons. The molecule has 2 aromatic carbocycles. The average molecular weight is 502 g/mol. The average Bonchev–Trinajstić information content (AvgIpc) is 3.19. The van der Waals surface area contributed by atoms with E-state index in [0.29, 0.717) is 30.4 Å². The highest BCUT2D eigenvalue weighted by Crippen LogP contribution is 2.33. The van der Waals surface area contributed by atoms with Crippen molar-refractivity contribution < 1.29 is 23.2 Å². The molecular weight excluding hydrogens is 476 g/mol. The molecule has 1 atom stereocenters. The van der Waals surface area contributed by atoms with Crippen molar-refractivity contribution in [1.29, 1.82) is 0 Å². The number of hydrogen-bond acceptors (Lipinski definition) is 6. The summed E-state index contributed by atoms with van der Waals surface area (Å²) in [5.74, 6) is -3.15. The molecule has 0 fully saturated rings. The van der Waals surface area contributed by atoms with Crippen LogP contribution in [0.4, 0.5) is 20.2 Å². The Kier molecular flexibility index (Phi) is 8.13. The molecule has 35 heavy (non-hydrogen) atoms. The van der Waals surface area contributed by atoms with E-state index in [1.54, 1.807) is 0 Å². The highest BCUT2D eigenvalue weighted by atomic mass is 32.1. The molecule has 0 radical (unpaired) electrons. The van der Waals surface area contributed by atoms with Crippen molar-refractivity contribution in [2.45, 2.75) is 26.3 Å². The Hall–Kier alpha value is -3.86. The Morgan fingerprint density at radius 2 is 1.77 bits per heavy atom. The lowest BCUT2D eigenvalue weighted by molar-refractivity contribution is -0.122. The normalized spacial score (nSPS) is 11.8. The number of carbonyl (C=O) groups is 3. The van der Waals surface area contributed by atoms with Gasteiger partial charge in [0.15, 0.2) is 5.69 Å². The molecule has 0 aliphatic heterocycles. The predicted molar refractivity (Wildman–Crippen MR) is 130 cm³/mol. The van der Waals surface area contributed by atoms with Gasteiger partial charge in [-0.25, -0.2) is 8.78 Å². The second-order valence-corrected chi connectivity index (χ2v) is 8.99. The number of halogens is 2. The zero-order valence-electron chi connectivity index (χ0n) is 19.1. The van der Waals surface area contributed by atoms with E-state index in [-0.39, 0.29) is 27.5 Å². The first-order valence-corrected chi connectivity index (χ1v) is 11.5. The van der Waals surface area contributed by atoms with E-state index in [2.05, 4.69) is 9.69 Å². The summed E-state index contributed by atoms with van der Waals surface area (Å²) in [6.45, 7) is 4.32. The second kappa shape index (κ2) is 11.0. The number of nitrogens with two attached hydrogens (primary N) is 2. The van der Waals surface area contributed by atoms with Gasteiger partial charge in [0.25, 0.3) is 11.8 Å². The third kappa shape index (κ3) is 5.99. The van der Waals surface area contributed by atoms with Gasteiger partial charge in [-0.1, -0.05) is 32.0 Å². The van der Waals surface area contributed by atoms with Crippen LogP contribution in [0.25, 0.3) is 0 Å². The quantitative estimate of drug-likeness (QED) is 0.412. The van der Waals surface area contributed by atoms with Crippen LogP contribution < -0.4 is 21.7 Å². The van der Waals surface area contributed by atoms with Crippen LogP contribution in [0.1, 0.15) is 52.0 Å². The molecule has 0 aliphatic rings. The maximum absolute atomic E-state index is 14.2. The lowest BCUT2D eigenvalue weighted by Gasteiger charge is -2.31. The van der Waals surface area contributed by atoms with Crippen LogP contribution >= 0.6 is 11.5 Å². The lowest BCUT2D eigenvalue weighted by atomic mass is 10.0.